The van der Waals surface area contributed by atoms with E-state index in [4.69, 9.17) is 10.5 Å². The van der Waals surface area contributed by atoms with E-state index >= 15 is 0 Å². The van der Waals surface area contributed by atoms with Crippen molar-refractivity contribution < 1.29 is 14.3 Å². The Hall–Kier alpha value is -2.57. The Kier molecular flexibility index (Phi) is 8.05. The number of amides is 2. The number of ether oxygens (including phenoxy) is 1. The summed E-state index contributed by atoms with van der Waals surface area (Å²) in [6, 6.07) is 5.42. The summed E-state index contributed by atoms with van der Waals surface area (Å²) in [7, 11) is 0. The first kappa shape index (κ1) is 22.7. The van der Waals surface area contributed by atoms with Crippen molar-refractivity contribution in [1.29, 1.82) is 0 Å². The van der Waals surface area contributed by atoms with Gasteiger partial charge in [0.15, 0.2) is 0 Å². The topological polar surface area (TPSA) is 99.2 Å². The van der Waals surface area contributed by atoms with Crippen LogP contribution in [0.15, 0.2) is 18.2 Å². The molecule has 0 saturated carbocycles. The van der Waals surface area contributed by atoms with Gasteiger partial charge in [-0.25, -0.2) is 4.79 Å². The minimum absolute atomic E-state index is 0.345. The van der Waals surface area contributed by atoms with E-state index in [0.29, 0.717) is 12.1 Å². The van der Waals surface area contributed by atoms with Gasteiger partial charge in [-0.05, 0) is 52.7 Å². The van der Waals surface area contributed by atoms with Crippen molar-refractivity contribution in [2.45, 2.75) is 78.4 Å². The molecule has 0 aliphatic carbocycles. The molecule has 7 heteroatoms. The molecule has 0 atom stereocenters. The van der Waals surface area contributed by atoms with Crippen molar-refractivity contribution in [1.82, 2.24) is 15.1 Å². The lowest BCUT2D eigenvalue weighted by Gasteiger charge is -2.19. The zero-order chi connectivity index (χ0) is 21.4. The summed E-state index contributed by atoms with van der Waals surface area (Å²) < 4.78 is 7.22. The Morgan fingerprint density at radius 3 is 2.41 bits per heavy atom. The zero-order valence-corrected chi connectivity index (χ0v) is 18.1. The van der Waals surface area contributed by atoms with Crippen LogP contribution in [0.1, 0.15) is 75.3 Å². The monoisotopic (exact) mass is 402 g/mol. The lowest BCUT2D eigenvalue weighted by molar-refractivity contribution is 0.0526. The number of carbonyl (C=O) groups is 2. The number of nitrogens with zero attached hydrogens (tertiary/aromatic N) is 2. The first-order valence-corrected chi connectivity index (χ1v) is 10.4. The second-order valence-electron chi connectivity index (χ2n) is 8.45. The number of hydrogen-bond acceptors (Lipinski definition) is 4. The van der Waals surface area contributed by atoms with Crippen molar-refractivity contribution in [3.05, 3.63) is 29.5 Å². The Morgan fingerprint density at radius 1 is 1.10 bits per heavy atom. The number of benzene rings is 1. The fourth-order valence-corrected chi connectivity index (χ4v) is 3.23. The number of fused-ring (bicyclic) bond motifs is 1. The first-order valence-electron chi connectivity index (χ1n) is 10.4. The first-order chi connectivity index (χ1) is 13.7. The van der Waals surface area contributed by atoms with Gasteiger partial charge in [0.2, 0.25) is 5.91 Å². The van der Waals surface area contributed by atoms with Crippen molar-refractivity contribution in [2.24, 2.45) is 5.73 Å². The van der Waals surface area contributed by atoms with Gasteiger partial charge in [-0.15, -0.1) is 0 Å². The number of hydrogen-bond donors (Lipinski definition) is 2. The van der Waals surface area contributed by atoms with E-state index in [1.165, 1.54) is 0 Å². The number of nitrogens with one attached hydrogen (secondary N) is 1. The third-order valence-electron chi connectivity index (χ3n) is 4.75. The molecule has 2 rings (SSSR count). The summed E-state index contributed by atoms with van der Waals surface area (Å²) in [4.78, 5) is 22.9. The highest BCUT2D eigenvalue weighted by molar-refractivity contribution is 5.97. The number of nitrogens with two attached hydrogens (primary N) is 1. The van der Waals surface area contributed by atoms with Crippen LogP contribution in [-0.4, -0.2) is 33.9 Å². The third kappa shape index (κ3) is 7.40. The lowest BCUT2D eigenvalue weighted by Crippen LogP contribution is -2.32. The number of aryl methyl sites for hydroxylation is 2. The summed E-state index contributed by atoms with van der Waals surface area (Å²) in [5.74, 6) is -0.430. The van der Waals surface area contributed by atoms with Crippen molar-refractivity contribution >= 4 is 22.9 Å². The Morgan fingerprint density at radius 2 is 1.76 bits per heavy atom. The molecule has 0 aliphatic heterocycles. The molecule has 1 heterocycles. The van der Waals surface area contributed by atoms with Crippen LogP contribution >= 0.6 is 0 Å². The number of carbonyl (C=O) groups excluding carboxylic acids is 2. The molecule has 160 valence electrons. The summed E-state index contributed by atoms with van der Waals surface area (Å²) in [6.07, 6.45) is 6.23. The third-order valence-corrected chi connectivity index (χ3v) is 4.75. The maximum Gasteiger partial charge on any atom is 0.407 e. The molecule has 0 radical (unpaired) electrons. The molecule has 0 saturated heterocycles. The van der Waals surface area contributed by atoms with Gasteiger partial charge in [-0.1, -0.05) is 31.7 Å². The number of unbranched alkanes of at least 4 members (excludes halogenated alkanes) is 5. The standard InChI is InChI=1S/C22H34N4O3/c1-16-18-12-11-17(20(23)27)15-19(18)25-26(16)14-10-8-6-5-7-9-13-24-21(28)29-22(2,3)4/h11-12,15H,5-10,13-14H2,1-4H3,(H2,23,27)(H,24,28). The summed E-state index contributed by atoms with van der Waals surface area (Å²) in [5.41, 5.74) is 7.31. The predicted octanol–water partition coefficient (Wildman–Crippen LogP) is 4.31. The fraction of sp³-hybridized carbons (Fsp3) is 0.591. The van der Waals surface area contributed by atoms with Crippen molar-refractivity contribution in [3.8, 4) is 0 Å². The minimum Gasteiger partial charge on any atom is -0.444 e. The van der Waals surface area contributed by atoms with E-state index in [2.05, 4.69) is 17.3 Å². The number of aromatic nitrogens is 2. The van der Waals surface area contributed by atoms with E-state index in [1.807, 2.05) is 31.5 Å². The quantitative estimate of drug-likeness (QED) is 0.578. The zero-order valence-electron chi connectivity index (χ0n) is 18.1. The summed E-state index contributed by atoms with van der Waals surface area (Å²) in [5, 5.41) is 8.47. The second kappa shape index (κ2) is 10.3. The van der Waals surface area contributed by atoms with E-state index < -0.39 is 11.5 Å². The fourth-order valence-electron chi connectivity index (χ4n) is 3.23. The highest BCUT2D eigenvalue weighted by Gasteiger charge is 2.15. The van der Waals surface area contributed by atoms with Crippen molar-refractivity contribution in [3.63, 3.8) is 0 Å². The highest BCUT2D eigenvalue weighted by atomic mass is 16.6. The SMILES string of the molecule is Cc1c2ccc(C(N)=O)cc2nn1CCCCCCCCNC(=O)OC(C)(C)C. The van der Waals surface area contributed by atoms with Gasteiger partial charge in [0, 0.05) is 29.7 Å². The molecular weight excluding hydrogens is 368 g/mol. The van der Waals surface area contributed by atoms with Gasteiger partial charge >= 0.3 is 6.09 Å². The van der Waals surface area contributed by atoms with E-state index in [-0.39, 0.29) is 6.09 Å². The van der Waals surface area contributed by atoms with Gasteiger partial charge in [-0.2, -0.15) is 5.10 Å². The summed E-state index contributed by atoms with van der Waals surface area (Å²) in [6.45, 7) is 9.15. The minimum atomic E-state index is -0.451. The molecule has 1 aromatic heterocycles. The van der Waals surface area contributed by atoms with Crippen LogP contribution in [0.3, 0.4) is 0 Å². The molecule has 3 N–H and O–H groups in total. The number of primary amides is 1. The van der Waals surface area contributed by atoms with E-state index in [0.717, 1.165) is 61.7 Å². The molecule has 0 unspecified atom stereocenters. The normalized spacial score (nSPS) is 11.6. The van der Waals surface area contributed by atoms with E-state index in [9.17, 15) is 9.59 Å². The molecule has 7 nitrogen and oxygen atoms in total. The van der Waals surface area contributed by atoms with E-state index in [1.54, 1.807) is 12.1 Å². The van der Waals surface area contributed by atoms with Crippen LogP contribution in [0.4, 0.5) is 4.79 Å². The molecule has 2 aromatic rings. The molecule has 0 aliphatic rings. The molecular formula is C22H34N4O3. The van der Waals surface area contributed by atoms with Crippen LogP contribution in [-0.2, 0) is 11.3 Å². The van der Waals surface area contributed by atoms with Crippen LogP contribution in [0.5, 0.6) is 0 Å². The molecule has 1 aromatic carbocycles. The average molecular weight is 403 g/mol. The maximum atomic E-state index is 11.5. The largest absolute Gasteiger partial charge is 0.444 e. The number of alkyl carbamates (subject to hydrolysis) is 1. The highest BCUT2D eigenvalue weighted by Crippen LogP contribution is 2.20. The predicted molar refractivity (Wildman–Crippen MR) is 115 cm³/mol. The van der Waals surface area contributed by atoms with Gasteiger partial charge in [0.1, 0.15) is 5.60 Å². The smallest absolute Gasteiger partial charge is 0.407 e. The number of rotatable bonds is 10. The van der Waals surface area contributed by atoms with Gasteiger partial charge in [-0.3, -0.25) is 9.48 Å². The Bertz CT molecular complexity index is 836. The molecule has 0 bridgehead atoms. The van der Waals surface area contributed by atoms with Crippen LogP contribution < -0.4 is 11.1 Å². The molecule has 2 amide bonds. The lowest BCUT2D eigenvalue weighted by atomic mass is 10.1. The average Bonchev–Trinajstić information content (AvgIpc) is 2.94. The second-order valence-corrected chi connectivity index (χ2v) is 8.45. The molecule has 29 heavy (non-hydrogen) atoms. The van der Waals surface area contributed by atoms with Crippen molar-refractivity contribution in [2.75, 3.05) is 6.54 Å². The summed E-state index contributed by atoms with van der Waals surface area (Å²) >= 11 is 0. The Labute approximate surface area is 173 Å². The van der Waals surface area contributed by atoms with Gasteiger partial charge in [0.05, 0.1) is 5.52 Å². The maximum absolute atomic E-state index is 11.5. The van der Waals surface area contributed by atoms with Gasteiger partial charge < -0.3 is 15.8 Å². The van der Waals surface area contributed by atoms with Crippen LogP contribution in [0.2, 0.25) is 0 Å². The van der Waals surface area contributed by atoms with Gasteiger partial charge in [0.25, 0.3) is 0 Å². The van der Waals surface area contributed by atoms with Crippen LogP contribution in [0.25, 0.3) is 10.9 Å². The van der Waals surface area contributed by atoms with Crippen LogP contribution in [0, 0.1) is 6.92 Å². The molecule has 0 fully saturated rings. The molecule has 0 spiro atoms. The Balaban J connectivity index is 1.62.